The van der Waals surface area contributed by atoms with Gasteiger partial charge in [0.2, 0.25) is 0 Å². The van der Waals surface area contributed by atoms with Crippen molar-refractivity contribution in [1.29, 1.82) is 0 Å². The summed E-state index contributed by atoms with van der Waals surface area (Å²) in [7, 11) is 0. The summed E-state index contributed by atoms with van der Waals surface area (Å²) in [5.74, 6) is -0.427. The molecule has 0 N–H and O–H groups in total. The Labute approximate surface area is 94.7 Å². The first kappa shape index (κ1) is 11.4. The Kier molecular flexibility index (Phi) is 2.88. The topological polar surface area (TPSA) is 55.8 Å². The highest BCUT2D eigenvalue weighted by Crippen LogP contribution is 2.24. The fourth-order valence-electron chi connectivity index (χ4n) is 2.13. The number of ether oxygens (including phenoxy) is 2. The Bertz CT molecular complexity index is 307. The molecule has 1 atom stereocenters. The minimum atomic E-state index is -0.874. The summed E-state index contributed by atoms with van der Waals surface area (Å²) in [6, 6.07) is 0. The second kappa shape index (κ2) is 4.05. The van der Waals surface area contributed by atoms with Crippen LogP contribution in [0.3, 0.4) is 0 Å². The first-order valence-corrected chi connectivity index (χ1v) is 5.64. The molecule has 0 bridgehead atoms. The predicted octanol–water partition coefficient (Wildman–Crippen LogP) is 0.329. The van der Waals surface area contributed by atoms with Crippen molar-refractivity contribution in [3.63, 3.8) is 0 Å². The number of hydrogen-bond donors (Lipinski definition) is 0. The first-order valence-electron chi connectivity index (χ1n) is 5.64. The van der Waals surface area contributed by atoms with E-state index in [0.29, 0.717) is 13.2 Å². The molecular formula is C11H17NO4. The van der Waals surface area contributed by atoms with Gasteiger partial charge in [-0.2, -0.15) is 0 Å². The zero-order valence-corrected chi connectivity index (χ0v) is 9.69. The van der Waals surface area contributed by atoms with Gasteiger partial charge in [-0.3, -0.25) is 4.79 Å². The number of esters is 1. The van der Waals surface area contributed by atoms with Gasteiger partial charge in [-0.05, 0) is 26.7 Å². The highest BCUT2D eigenvalue weighted by atomic mass is 16.5. The van der Waals surface area contributed by atoms with Crippen LogP contribution >= 0.6 is 0 Å². The predicted molar refractivity (Wildman–Crippen MR) is 55.7 cm³/mol. The van der Waals surface area contributed by atoms with Gasteiger partial charge in [-0.15, -0.1) is 0 Å². The molecule has 0 aromatic heterocycles. The quantitative estimate of drug-likeness (QED) is 0.606. The van der Waals surface area contributed by atoms with Crippen molar-refractivity contribution in [1.82, 2.24) is 4.90 Å². The number of morpholine rings is 1. The van der Waals surface area contributed by atoms with E-state index in [1.807, 2.05) is 0 Å². The number of carbonyl (C=O) groups excluding carboxylic acids is 2. The zero-order valence-electron chi connectivity index (χ0n) is 9.69. The lowest BCUT2D eigenvalue weighted by Crippen LogP contribution is -2.60. The maximum atomic E-state index is 12.2. The number of carbonyl (C=O) groups is 2. The van der Waals surface area contributed by atoms with Crippen molar-refractivity contribution in [2.45, 2.75) is 38.3 Å². The van der Waals surface area contributed by atoms with E-state index in [0.717, 1.165) is 12.8 Å². The van der Waals surface area contributed by atoms with Crippen LogP contribution in [0.2, 0.25) is 0 Å². The van der Waals surface area contributed by atoms with Crippen LogP contribution in [0, 0.1) is 0 Å². The Morgan fingerprint density at radius 3 is 2.81 bits per heavy atom. The van der Waals surface area contributed by atoms with Crippen molar-refractivity contribution in [3.05, 3.63) is 0 Å². The Morgan fingerprint density at radius 1 is 1.44 bits per heavy atom. The maximum absolute atomic E-state index is 12.2. The summed E-state index contributed by atoms with van der Waals surface area (Å²) in [6.45, 7) is 4.79. The minimum Gasteiger partial charge on any atom is -0.462 e. The van der Waals surface area contributed by atoms with Crippen LogP contribution < -0.4 is 0 Å². The molecule has 0 spiro atoms. The van der Waals surface area contributed by atoms with Crippen LogP contribution in [0.5, 0.6) is 0 Å². The number of cyclic esters (lactones) is 1. The molecule has 1 unspecified atom stereocenters. The van der Waals surface area contributed by atoms with Crippen LogP contribution in [0.25, 0.3) is 0 Å². The fourth-order valence-corrected chi connectivity index (χ4v) is 2.13. The average molecular weight is 227 g/mol. The van der Waals surface area contributed by atoms with Crippen molar-refractivity contribution in [2.75, 3.05) is 19.8 Å². The maximum Gasteiger partial charge on any atom is 0.331 e. The second-order valence-corrected chi connectivity index (χ2v) is 4.69. The van der Waals surface area contributed by atoms with E-state index in [1.165, 1.54) is 0 Å². The molecule has 5 heteroatoms. The summed E-state index contributed by atoms with van der Waals surface area (Å²) in [4.78, 5) is 25.3. The van der Waals surface area contributed by atoms with Crippen molar-refractivity contribution >= 4 is 11.9 Å². The van der Waals surface area contributed by atoms with E-state index in [4.69, 9.17) is 9.47 Å². The minimum absolute atomic E-state index is 0.0841. The average Bonchev–Trinajstić information content (AvgIpc) is 2.74. The van der Waals surface area contributed by atoms with Crippen LogP contribution in [0.15, 0.2) is 0 Å². The number of amides is 1. The first-order chi connectivity index (χ1) is 7.53. The van der Waals surface area contributed by atoms with Crippen molar-refractivity contribution in [3.8, 4) is 0 Å². The van der Waals surface area contributed by atoms with Crippen LogP contribution in [0.1, 0.15) is 26.7 Å². The SMILES string of the molecule is CC1(C)C(=O)OCCN1C(=O)C1CCCO1. The van der Waals surface area contributed by atoms with E-state index in [9.17, 15) is 9.59 Å². The van der Waals surface area contributed by atoms with Gasteiger partial charge in [-0.25, -0.2) is 4.79 Å². The van der Waals surface area contributed by atoms with Gasteiger partial charge >= 0.3 is 5.97 Å². The van der Waals surface area contributed by atoms with Gasteiger partial charge in [0.15, 0.2) is 0 Å². The molecule has 2 saturated heterocycles. The lowest BCUT2D eigenvalue weighted by Gasteiger charge is -2.41. The largest absolute Gasteiger partial charge is 0.462 e. The lowest BCUT2D eigenvalue weighted by atomic mass is 10.00. The van der Waals surface area contributed by atoms with Crippen LogP contribution in [0.4, 0.5) is 0 Å². The molecule has 0 aliphatic carbocycles. The summed E-state index contributed by atoms with van der Waals surface area (Å²) >= 11 is 0. The van der Waals surface area contributed by atoms with E-state index in [2.05, 4.69) is 0 Å². The standard InChI is InChI=1S/C11H17NO4/c1-11(2)10(14)16-7-5-12(11)9(13)8-4-3-6-15-8/h8H,3-7H2,1-2H3. The molecule has 0 aromatic carbocycles. The van der Waals surface area contributed by atoms with Crippen LogP contribution in [-0.4, -0.2) is 48.2 Å². The molecule has 90 valence electrons. The van der Waals surface area contributed by atoms with E-state index in [1.54, 1.807) is 18.7 Å². The molecular weight excluding hydrogens is 210 g/mol. The van der Waals surface area contributed by atoms with Crippen LogP contribution in [-0.2, 0) is 19.1 Å². The highest BCUT2D eigenvalue weighted by Gasteiger charge is 2.44. The summed E-state index contributed by atoms with van der Waals surface area (Å²) in [5.41, 5.74) is -0.874. The highest BCUT2D eigenvalue weighted by molar-refractivity contribution is 5.90. The summed E-state index contributed by atoms with van der Waals surface area (Å²) < 4.78 is 10.3. The summed E-state index contributed by atoms with van der Waals surface area (Å²) in [5, 5.41) is 0. The van der Waals surface area contributed by atoms with Crippen molar-refractivity contribution in [2.24, 2.45) is 0 Å². The van der Waals surface area contributed by atoms with Gasteiger partial charge in [0.25, 0.3) is 5.91 Å². The molecule has 2 aliphatic rings. The fraction of sp³-hybridized carbons (Fsp3) is 0.818. The molecule has 0 aromatic rings. The third kappa shape index (κ3) is 1.80. The Balaban J connectivity index is 2.12. The Hall–Kier alpha value is -1.10. The van der Waals surface area contributed by atoms with Gasteiger partial charge in [0, 0.05) is 6.61 Å². The smallest absolute Gasteiger partial charge is 0.331 e. The lowest BCUT2D eigenvalue weighted by molar-refractivity contribution is -0.175. The normalized spacial score (nSPS) is 29.0. The van der Waals surface area contributed by atoms with Gasteiger partial charge in [-0.1, -0.05) is 0 Å². The van der Waals surface area contributed by atoms with E-state index < -0.39 is 5.54 Å². The molecule has 2 aliphatic heterocycles. The molecule has 2 rings (SSSR count). The van der Waals surface area contributed by atoms with E-state index >= 15 is 0 Å². The zero-order chi connectivity index (χ0) is 11.8. The molecule has 2 heterocycles. The number of hydrogen-bond acceptors (Lipinski definition) is 4. The second-order valence-electron chi connectivity index (χ2n) is 4.69. The molecule has 2 fully saturated rings. The van der Waals surface area contributed by atoms with Gasteiger partial charge < -0.3 is 14.4 Å². The molecule has 5 nitrogen and oxygen atoms in total. The van der Waals surface area contributed by atoms with Gasteiger partial charge in [0.1, 0.15) is 18.2 Å². The summed E-state index contributed by atoms with van der Waals surface area (Å²) in [6.07, 6.45) is 1.29. The number of rotatable bonds is 1. The monoisotopic (exact) mass is 227 g/mol. The third-order valence-corrected chi connectivity index (χ3v) is 3.19. The van der Waals surface area contributed by atoms with Crippen molar-refractivity contribution < 1.29 is 19.1 Å². The molecule has 16 heavy (non-hydrogen) atoms. The van der Waals surface area contributed by atoms with E-state index in [-0.39, 0.29) is 24.6 Å². The number of nitrogens with zero attached hydrogens (tertiary/aromatic N) is 1. The Morgan fingerprint density at radius 2 is 2.19 bits per heavy atom. The molecule has 1 amide bonds. The molecule has 0 saturated carbocycles. The van der Waals surface area contributed by atoms with Gasteiger partial charge in [0.05, 0.1) is 6.54 Å². The third-order valence-electron chi connectivity index (χ3n) is 3.19. The molecule has 0 radical (unpaired) electrons.